The van der Waals surface area contributed by atoms with E-state index in [0.29, 0.717) is 78.7 Å². The fourth-order valence-corrected chi connectivity index (χ4v) is 18.1. The first-order chi connectivity index (χ1) is 71.8. The van der Waals surface area contributed by atoms with Gasteiger partial charge in [-0.1, -0.05) is 304 Å². The lowest BCUT2D eigenvalue weighted by Gasteiger charge is -2.46. The van der Waals surface area contributed by atoms with Crippen LogP contribution in [0.4, 0.5) is 34.1 Å². The molecule has 21 aromatic rings. The third kappa shape index (κ3) is 11.4. The van der Waals surface area contributed by atoms with E-state index in [-0.39, 0.29) is 129 Å². The highest BCUT2D eigenvalue weighted by Gasteiger charge is 2.46. The zero-order chi connectivity index (χ0) is 108. The second-order valence-electron chi connectivity index (χ2n) is 34.2. The van der Waals surface area contributed by atoms with Gasteiger partial charge in [0.1, 0.15) is 0 Å². The summed E-state index contributed by atoms with van der Waals surface area (Å²) in [5.74, 6) is 0. The Labute approximate surface area is 750 Å². The molecule has 0 atom stereocenters. The minimum Gasteiger partial charge on any atom is -0.311 e. The van der Waals surface area contributed by atoms with Crippen LogP contribution in [0.3, 0.4) is 0 Å². The molecular weight excluding hydrogens is 1460 g/mol. The number of hydrogen-bond donors (Lipinski definition) is 0. The molecule has 6 heterocycles. The van der Waals surface area contributed by atoms with Crippen LogP contribution in [0.1, 0.15) is 121 Å². The molecule has 0 saturated carbocycles. The van der Waals surface area contributed by atoms with Gasteiger partial charge in [0.05, 0.1) is 98.0 Å². The Morgan fingerprint density at radius 1 is 0.215 bits per heavy atom. The zero-order valence-corrected chi connectivity index (χ0v) is 67.2. The standard InChI is InChI=1S/C114H89BN6/c1-112(2,3)78-54-64-105(93(66-78)76-46-42-72(43-47-76)74-50-56-81(57-51-74)116-97-34-18-10-26-85(97)86-27-11-19-35-98(86)116)120-107-70-83(118-101-38-22-14-30-89(101)90-31-15-23-39-102(90)118)60-62-95(107)115-96-63-61-84(119-103-40-24-16-32-91(103)92-33-17-25-41-104(92)119)71-108(96)121(110-69-80(114(7,8)9)68-109(120)111(110)115)106-65-55-79(113(4,5)6)67-94(106)77-48-44-73(45-49-77)75-52-58-82(59-53-75)117-99-36-20-12-28-87(99)88-29-13-21-37-100(88)117/h10-71H,1-9H3/i10D,11D,12D,13D,14D,15D,16D,17D,18D,19D,20D,21D,22D,23D,24D,25D,26D,27D,28D,30D,31D,32D,33D,34D,35D,36D,37D,38D,39D,40D,41D. The number of rotatable bonds is 10. The van der Waals surface area contributed by atoms with Crippen LogP contribution in [-0.4, -0.2) is 25.0 Å². The lowest BCUT2D eigenvalue weighted by Crippen LogP contribution is -2.61. The maximum Gasteiger partial charge on any atom is 0.252 e. The highest BCUT2D eigenvalue weighted by atomic mass is 15.2. The van der Waals surface area contributed by atoms with E-state index in [2.05, 4.69) is 121 Å². The van der Waals surface area contributed by atoms with Crippen molar-refractivity contribution in [1.82, 2.24) is 18.3 Å². The molecule has 0 bridgehead atoms. The van der Waals surface area contributed by atoms with Gasteiger partial charge in [0.15, 0.2) is 0 Å². The summed E-state index contributed by atoms with van der Waals surface area (Å²) in [6.07, 6.45) is 0. The fourth-order valence-electron chi connectivity index (χ4n) is 18.1. The van der Waals surface area contributed by atoms with E-state index < -0.39 is 180 Å². The van der Waals surface area contributed by atoms with Crippen molar-refractivity contribution in [2.45, 2.75) is 78.6 Å². The first-order valence-corrected chi connectivity index (χ1v) is 40.1. The monoisotopic (exact) mass is 1580 g/mol. The van der Waals surface area contributed by atoms with Crippen molar-refractivity contribution < 1.29 is 42.5 Å². The predicted octanol–water partition coefficient (Wildman–Crippen LogP) is 28.7. The van der Waals surface area contributed by atoms with E-state index in [9.17, 15) is 21.9 Å². The van der Waals surface area contributed by atoms with Gasteiger partial charge in [-0.25, -0.2) is 0 Å². The molecule has 121 heavy (non-hydrogen) atoms. The van der Waals surface area contributed by atoms with E-state index in [0.717, 1.165) is 44.4 Å². The highest BCUT2D eigenvalue weighted by molar-refractivity contribution is 7.00. The third-order valence-corrected chi connectivity index (χ3v) is 24.1. The van der Waals surface area contributed by atoms with Gasteiger partial charge >= 0.3 is 0 Å². The lowest BCUT2D eigenvalue weighted by molar-refractivity contribution is 0.590. The number of para-hydroxylation sites is 8. The van der Waals surface area contributed by atoms with E-state index in [1.165, 1.54) is 19.8 Å². The molecule has 0 radical (unpaired) electrons. The number of anilines is 6. The van der Waals surface area contributed by atoms with Crippen molar-refractivity contribution in [2.24, 2.45) is 0 Å². The molecule has 0 amide bonds. The summed E-state index contributed by atoms with van der Waals surface area (Å²) < 4.78 is 292. The summed E-state index contributed by atoms with van der Waals surface area (Å²) >= 11 is 0. The molecule has 6 nitrogen and oxygen atoms in total. The first-order valence-electron chi connectivity index (χ1n) is 55.6. The van der Waals surface area contributed by atoms with Crippen LogP contribution in [0.2, 0.25) is 0 Å². The van der Waals surface area contributed by atoms with Crippen LogP contribution in [0, 0.1) is 0 Å². The minimum absolute atomic E-state index is 0.0346. The largest absolute Gasteiger partial charge is 0.311 e. The summed E-state index contributed by atoms with van der Waals surface area (Å²) in [6.45, 7) is 18.0. The average molecular weight is 1590 g/mol. The lowest BCUT2D eigenvalue weighted by atomic mass is 9.33. The van der Waals surface area contributed by atoms with E-state index in [4.69, 9.17) is 20.6 Å². The Bertz CT molecular complexity index is 9290. The van der Waals surface area contributed by atoms with Crippen molar-refractivity contribution in [1.29, 1.82) is 0 Å². The molecular formula is C114H89BN6. The van der Waals surface area contributed by atoms with Gasteiger partial charge < -0.3 is 28.1 Å². The van der Waals surface area contributed by atoms with Crippen molar-refractivity contribution in [3.63, 3.8) is 0 Å². The summed E-state index contributed by atoms with van der Waals surface area (Å²) in [7, 11) is 0. The molecule has 0 saturated heterocycles. The molecule has 578 valence electrons. The van der Waals surface area contributed by atoms with Crippen LogP contribution in [0.25, 0.3) is 154 Å². The number of aromatic nitrogens is 4. The number of nitrogens with zero attached hydrogens (tertiary/aromatic N) is 6. The second kappa shape index (κ2) is 27.1. The maximum absolute atomic E-state index is 9.91. The Kier molecular flexibility index (Phi) is 10.4. The smallest absolute Gasteiger partial charge is 0.252 e. The van der Waals surface area contributed by atoms with Crippen molar-refractivity contribution in [3.8, 4) is 67.3 Å². The first kappa shape index (κ1) is 46.7. The molecule has 23 rings (SSSR count). The van der Waals surface area contributed by atoms with Gasteiger partial charge in [-0.15, -0.1) is 0 Å². The van der Waals surface area contributed by atoms with E-state index in [1.54, 1.807) is 41.0 Å². The molecule has 0 spiro atoms. The summed E-state index contributed by atoms with van der Waals surface area (Å²) in [5, 5.41) is -0.400. The van der Waals surface area contributed by atoms with Crippen LogP contribution in [-0.2, 0) is 16.2 Å². The molecule has 2 aliphatic heterocycles. The van der Waals surface area contributed by atoms with E-state index >= 15 is 0 Å². The van der Waals surface area contributed by atoms with Crippen molar-refractivity contribution in [3.05, 3.63) is 392 Å². The van der Waals surface area contributed by atoms with Gasteiger partial charge in [-0.05, 0) is 216 Å². The Morgan fingerprint density at radius 2 is 0.479 bits per heavy atom. The molecule has 17 aromatic carbocycles. The Balaban J connectivity index is 0.784. The molecule has 2 aliphatic rings. The van der Waals surface area contributed by atoms with Gasteiger partial charge in [0, 0.05) is 99.7 Å². The van der Waals surface area contributed by atoms with Crippen LogP contribution >= 0.6 is 0 Å². The van der Waals surface area contributed by atoms with Crippen molar-refractivity contribution >= 4 is 144 Å². The Hall–Kier alpha value is -14.4. The molecule has 4 aromatic heterocycles. The van der Waals surface area contributed by atoms with E-state index in [1.807, 2.05) is 97.1 Å². The molecule has 0 N–H and O–H groups in total. The molecule has 0 unspecified atom stereocenters. The number of fused-ring (bicyclic) bond motifs is 16. The van der Waals surface area contributed by atoms with Gasteiger partial charge in [0.25, 0.3) is 6.71 Å². The predicted molar refractivity (Wildman–Crippen MR) is 516 cm³/mol. The normalized spacial score (nSPS) is 16.5. The average Bonchev–Trinajstić information content (AvgIpc) is 0.904. The summed E-state index contributed by atoms with van der Waals surface area (Å²) in [6, 6.07) is 43.5. The zero-order valence-electron chi connectivity index (χ0n) is 98.2. The number of hydrogen-bond acceptors (Lipinski definition) is 2. The minimum atomic E-state index is -0.882. The van der Waals surface area contributed by atoms with Crippen LogP contribution in [0.5, 0.6) is 0 Å². The van der Waals surface area contributed by atoms with Crippen molar-refractivity contribution in [2.75, 3.05) is 9.80 Å². The van der Waals surface area contributed by atoms with Crippen LogP contribution in [0.15, 0.2) is 375 Å². The van der Waals surface area contributed by atoms with Gasteiger partial charge in [-0.3, -0.25) is 0 Å². The molecule has 0 aliphatic carbocycles. The third-order valence-electron chi connectivity index (χ3n) is 24.1. The molecule has 7 heteroatoms. The highest BCUT2D eigenvalue weighted by Crippen LogP contribution is 2.53. The quantitative estimate of drug-likeness (QED) is 0.128. The topological polar surface area (TPSA) is 26.2 Å². The van der Waals surface area contributed by atoms with Gasteiger partial charge in [-0.2, -0.15) is 0 Å². The molecule has 0 fully saturated rings. The van der Waals surface area contributed by atoms with Crippen LogP contribution < -0.4 is 26.2 Å². The second-order valence-corrected chi connectivity index (χ2v) is 34.2. The Morgan fingerprint density at radius 3 is 0.802 bits per heavy atom. The number of benzene rings is 17. The SMILES string of the molecule is [2H]c1cc2c3c([2H])c([2H])c([2H])c([2H])c3n(-c3ccc(-c4ccc(-c5cc(C(C)(C)C)ccc5N5c6cc(-n7c8c([2H])c([2H])c([2H])c([2H])c8c8c([2H])c([2H])c([2H])c([2H])c87)ccc6B6c7ccc(-n8c9c([2H])c([2H])c([2H])c([2H])c9c9c([2H])c([2H])c([2H])c([2H])c98)cc7N(c7ccc(C(C)(C)C)cc7-c7ccc(-c8ccc(-n9c%10c([2H])c([2H])c([2H])c([2H])c%10c%10c([2H])c([2H])c([2H])c([2H])c%109)cc8)cc7)c7cc(C(C)(C)C)cc5c76)cc4)cc3)c2c([2H])c1[2H]. The maximum atomic E-state index is 9.91. The summed E-state index contributed by atoms with van der Waals surface area (Å²) in [5.41, 5.74) is 12.7. The van der Waals surface area contributed by atoms with Gasteiger partial charge in [0.2, 0.25) is 0 Å². The fraction of sp³-hybridized carbons (Fsp3) is 0.105. The summed E-state index contributed by atoms with van der Waals surface area (Å²) in [4.78, 5) is 4.36.